The van der Waals surface area contributed by atoms with Crippen LogP contribution in [0.2, 0.25) is 0 Å². The van der Waals surface area contributed by atoms with E-state index in [-0.39, 0.29) is 12.4 Å². The molecule has 0 bridgehead atoms. The first kappa shape index (κ1) is 19.8. The Hall–Kier alpha value is -2.95. The lowest BCUT2D eigenvalue weighted by molar-refractivity contribution is -0.147. The number of Topliss-reactive ketones (excluding diaryl/α,β-unsaturated/α-hetero) is 1. The van der Waals surface area contributed by atoms with E-state index in [1.807, 2.05) is 19.9 Å². The maximum Gasteiger partial charge on any atom is 0.322 e. The van der Waals surface area contributed by atoms with Gasteiger partial charge in [0.1, 0.15) is 5.70 Å². The molecule has 3 rings (SSSR count). The average Bonchev–Trinajstić information content (AvgIpc) is 3.04. The summed E-state index contributed by atoms with van der Waals surface area (Å²) in [6.45, 7) is 11.9. The Labute approximate surface area is 165 Å². The summed E-state index contributed by atoms with van der Waals surface area (Å²) in [4.78, 5) is 29.1. The molecule has 0 saturated heterocycles. The van der Waals surface area contributed by atoms with Crippen molar-refractivity contribution < 1.29 is 14.3 Å². The number of carbonyl (C=O) groups excluding carboxylic acids is 2. The lowest BCUT2D eigenvalue weighted by Crippen LogP contribution is -2.28. The first-order valence-corrected chi connectivity index (χ1v) is 9.48. The van der Waals surface area contributed by atoms with E-state index in [9.17, 15) is 9.59 Å². The highest BCUT2D eigenvalue weighted by Crippen LogP contribution is 2.28. The molecule has 5 nitrogen and oxygen atoms in total. The third-order valence-electron chi connectivity index (χ3n) is 5.11. The standard InChI is InChI=1S/C23H26N2O3/c1-7-28-23(27)21-16(5)24-19(22(21)26)12-18-11-15(4)25(17(18)6)20-9-8-13(2)10-14(20)3/h8-12,21H,7H2,1-6H3/b19-12-. The fourth-order valence-electron chi connectivity index (χ4n) is 3.76. The van der Waals surface area contributed by atoms with Crippen molar-refractivity contribution in [3.63, 3.8) is 0 Å². The van der Waals surface area contributed by atoms with Crippen molar-refractivity contribution in [3.05, 3.63) is 58.0 Å². The molecule has 1 unspecified atom stereocenters. The number of ketones is 1. The van der Waals surface area contributed by atoms with Gasteiger partial charge in [0.25, 0.3) is 0 Å². The average molecular weight is 378 g/mol. The Bertz CT molecular complexity index is 1020. The Balaban J connectivity index is 2.01. The molecule has 0 spiro atoms. The minimum atomic E-state index is -0.922. The van der Waals surface area contributed by atoms with Crippen molar-refractivity contribution in [2.45, 2.75) is 41.5 Å². The van der Waals surface area contributed by atoms with Crippen molar-refractivity contribution in [1.82, 2.24) is 4.57 Å². The predicted octanol–water partition coefficient (Wildman–Crippen LogP) is 4.27. The highest BCUT2D eigenvalue weighted by Gasteiger charge is 2.38. The number of aliphatic imine (C=N–C) groups is 1. The van der Waals surface area contributed by atoms with E-state index in [2.05, 4.69) is 41.6 Å². The largest absolute Gasteiger partial charge is 0.465 e. The van der Waals surface area contributed by atoms with Gasteiger partial charge in [-0.15, -0.1) is 0 Å². The van der Waals surface area contributed by atoms with Gasteiger partial charge < -0.3 is 9.30 Å². The highest BCUT2D eigenvalue weighted by atomic mass is 16.5. The summed E-state index contributed by atoms with van der Waals surface area (Å²) in [5.74, 6) is -1.75. The molecule has 146 valence electrons. The Morgan fingerprint density at radius 3 is 2.54 bits per heavy atom. The Morgan fingerprint density at radius 2 is 1.89 bits per heavy atom. The summed E-state index contributed by atoms with van der Waals surface area (Å²) in [6.07, 6.45) is 1.77. The van der Waals surface area contributed by atoms with Gasteiger partial charge in [-0.25, -0.2) is 0 Å². The van der Waals surface area contributed by atoms with Crippen LogP contribution in [-0.2, 0) is 14.3 Å². The Kier molecular flexibility index (Phi) is 5.36. The summed E-state index contributed by atoms with van der Waals surface area (Å²) < 4.78 is 7.20. The summed E-state index contributed by atoms with van der Waals surface area (Å²) in [7, 11) is 0. The SMILES string of the molecule is CCOC(=O)C1C(=O)/C(=C/c2cc(C)n(-c3ccc(C)cc3C)c2C)N=C1C. The first-order valence-electron chi connectivity index (χ1n) is 9.48. The van der Waals surface area contributed by atoms with Gasteiger partial charge in [-0.05, 0) is 70.9 Å². The van der Waals surface area contributed by atoms with Crippen LogP contribution in [0.25, 0.3) is 11.8 Å². The van der Waals surface area contributed by atoms with E-state index < -0.39 is 11.9 Å². The number of hydrogen-bond donors (Lipinski definition) is 0. The maximum absolute atomic E-state index is 12.7. The zero-order valence-corrected chi connectivity index (χ0v) is 17.3. The molecule has 1 atom stereocenters. The molecule has 1 aromatic heterocycles. The molecule has 1 aromatic carbocycles. The Morgan fingerprint density at radius 1 is 1.18 bits per heavy atom. The van der Waals surface area contributed by atoms with Crippen molar-refractivity contribution in [1.29, 1.82) is 0 Å². The van der Waals surface area contributed by atoms with E-state index in [0.29, 0.717) is 11.4 Å². The van der Waals surface area contributed by atoms with Crippen molar-refractivity contribution in [2.75, 3.05) is 6.61 Å². The van der Waals surface area contributed by atoms with Gasteiger partial charge in [0, 0.05) is 22.8 Å². The van der Waals surface area contributed by atoms with E-state index in [1.54, 1.807) is 19.9 Å². The van der Waals surface area contributed by atoms with Crippen molar-refractivity contribution in [2.24, 2.45) is 10.9 Å². The molecule has 1 aliphatic rings. The van der Waals surface area contributed by atoms with E-state index in [0.717, 1.165) is 22.6 Å². The normalized spacial score (nSPS) is 17.9. The van der Waals surface area contributed by atoms with Gasteiger partial charge in [-0.2, -0.15) is 0 Å². The summed E-state index contributed by atoms with van der Waals surface area (Å²) in [6, 6.07) is 8.40. The molecule has 2 heterocycles. The fourth-order valence-corrected chi connectivity index (χ4v) is 3.76. The van der Waals surface area contributed by atoms with Crippen LogP contribution in [0, 0.1) is 33.6 Å². The molecule has 1 aliphatic heterocycles. The molecule has 0 fully saturated rings. The minimum absolute atomic E-state index is 0.242. The van der Waals surface area contributed by atoms with Crippen LogP contribution < -0.4 is 0 Å². The summed E-state index contributed by atoms with van der Waals surface area (Å²) in [5.41, 5.74) is 7.33. The third-order valence-corrected chi connectivity index (χ3v) is 5.11. The molecule has 0 radical (unpaired) electrons. The maximum atomic E-state index is 12.7. The number of esters is 1. The molecule has 0 saturated carbocycles. The second-order valence-corrected chi connectivity index (χ2v) is 7.28. The number of carbonyl (C=O) groups is 2. The topological polar surface area (TPSA) is 60.7 Å². The lowest BCUT2D eigenvalue weighted by atomic mass is 10.0. The molecule has 2 aromatic rings. The molecule has 5 heteroatoms. The number of hydrogen-bond acceptors (Lipinski definition) is 4. The minimum Gasteiger partial charge on any atom is -0.465 e. The number of allylic oxidation sites excluding steroid dienone is 1. The van der Waals surface area contributed by atoms with Crippen LogP contribution in [0.5, 0.6) is 0 Å². The molecular weight excluding hydrogens is 352 g/mol. The van der Waals surface area contributed by atoms with Gasteiger partial charge in [0.15, 0.2) is 5.92 Å². The zero-order chi connectivity index (χ0) is 20.6. The number of benzene rings is 1. The molecular formula is C23H26N2O3. The molecule has 0 aliphatic carbocycles. The van der Waals surface area contributed by atoms with Crippen LogP contribution in [0.3, 0.4) is 0 Å². The third kappa shape index (κ3) is 3.44. The van der Waals surface area contributed by atoms with E-state index >= 15 is 0 Å². The first-order chi connectivity index (χ1) is 13.2. The van der Waals surface area contributed by atoms with Crippen molar-refractivity contribution in [3.8, 4) is 5.69 Å². The van der Waals surface area contributed by atoms with Crippen LogP contribution in [0.1, 0.15) is 41.9 Å². The van der Waals surface area contributed by atoms with Gasteiger partial charge in [0.05, 0.1) is 6.61 Å². The second kappa shape index (κ2) is 7.58. The van der Waals surface area contributed by atoms with E-state index in [4.69, 9.17) is 4.74 Å². The van der Waals surface area contributed by atoms with E-state index in [1.165, 1.54) is 11.1 Å². The van der Waals surface area contributed by atoms with Crippen LogP contribution in [-0.4, -0.2) is 28.6 Å². The molecule has 0 amide bonds. The van der Waals surface area contributed by atoms with Gasteiger partial charge in [0.2, 0.25) is 5.78 Å². The highest BCUT2D eigenvalue weighted by molar-refractivity contribution is 6.28. The van der Waals surface area contributed by atoms with Crippen molar-refractivity contribution >= 4 is 23.5 Å². The molecule has 28 heavy (non-hydrogen) atoms. The fraction of sp³-hybridized carbons (Fsp3) is 0.348. The van der Waals surface area contributed by atoms with Crippen LogP contribution in [0.4, 0.5) is 0 Å². The molecule has 0 N–H and O–H groups in total. The van der Waals surface area contributed by atoms with Gasteiger partial charge in [-0.1, -0.05) is 17.7 Å². The summed E-state index contributed by atoms with van der Waals surface area (Å²) >= 11 is 0. The van der Waals surface area contributed by atoms with Crippen LogP contribution in [0.15, 0.2) is 35.0 Å². The number of aromatic nitrogens is 1. The number of nitrogens with zero attached hydrogens (tertiary/aromatic N) is 2. The van der Waals surface area contributed by atoms with Crippen LogP contribution >= 0.6 is 0 Å². The second-order valence-electron chi connectivity index (χ2n) is 7.28. The number of rotatable bonds is 4. The lowest BCUT2D eigenvalue weighted by Gasteiger charge is -2.13. The summed E-state index contributed by atoms with van der Waals surface area (Å²) in [5, 5.41) is 0. The number of aryl methyl sites for hydroxylation is 3. The van der Waals surface area contributed by atoms with Gasteiger partial charge >= 0.3 is 5.97 Å². The monoisotopic (exact) mass is 378 g/mol. The predicted molar refractivity (Wildman–Crippen MR) is 111 cm³/mol. The zero-order valence-electron chi connectivity index (χ0n) is 17.3. The quantitative estimate of drug-likeness (QED) is 0.453. The van der Waals surface area contributed by atoms with Gasteiger partial charge in [-0.3, -0.25) is 14.6 Å². The number of ether oxygens (including phenoxy) is 1. The smallest absolute Gasteiger partial charge is 0.322 e.